The van der Waals surface area contributed by atoms with Crippen LogP contribution in [0, 0.1) is 18.7 Å². The lowest BCUT2D eigenvalue weighted by atomic mass is 9.99. The maximum Gasteiger partial charge on any atom is 0.252 e. The maximum atomic E-state index is 14.8. The molecule has 0 aliphatic heterocycles. The van der Waals surface area contributed by atoms with Gasteiger partial charge in [0.05, 0.1) is 35.5 Å². The molecule has 0 bridgehead atoms. The highest BCUT2D eigenvalue weighted by Gasteiger charge is 2.21. The second-order valence-corrected chi connectivity index (χ2v) is 8.34. The number of hydrogen-bond acceptors (Lipinski definition) is 7. The van der Waals surface area contributed by atoms with Crippen LogP contribution in [0.2, 0.25) is 0 Å². The molecule has 3 aromatic rings. The van der Waals surface area contributed by atoms with E-state index in [4.69, 9.17) is 11.5 Å². The molecule has 0 unspecified atom stereocenters. The van der Waals surface area contributed by atoms with Crippen LogP contribution in [0.3, 0.4) is 0 Å². The largest absolute Gasteiger partial charge is 0.365 e. The summed E-state index contributed by atoms with van der Waals surface area (Å²) in [6.07, 6.45) is 7.53. The van der Waals surface area contributed by atoms with Crippen molar-refractivity contribution in [1.29, 1.82) is 0 Å². The van der Waals surface area contributed by atoms with E-state index in [-0.39, 0.29) is 29.3 Å². The fraction of sp³-hybridized carbons (Fsp3) is 0.364. The minimum atomic E-state index is -0.803. The molecule has 0 spiro atoms. The number of carbonyl (C=O) groups is 1. The molecule has 0 fully saturated rings. The van der Waals surface area contributed by atoms with Crippen LogP contribution in [0.4, 0.5) is 21.7 Å². The molecular weight excluding hydrogens is 411 g/mol. The molecule has 3 aromatic heterocycles. The van der Waals surface area contributed by atoms with Gasteiger partial charge in [-0.15, -0.1) is 0 Å². The highest BCUT2D eigenvalue weighted by Crippen LogP contribution is 2.26. The smallest absolute Gasteiger partial charge is 0.252 e. The lowest BCUT2D eigenvalue weighted by Crippen LogP contribution is -2.39. The van der Waals surface area contributed by atoms with E-state index in [0.29, 0.717) is 17.3 Å². The number of pyridine rings is 2. The van der Waals surface area contributed by atoms with Crippen molar-refractivity contribution in [3.8, 4) is 5.69 Å². The lowest BCUT2D eigenvalue weighted by molar-refractivity contribution is 0.100. The minimum Gasteiger partial charge on any atom is -0.365 e. The quantitative estimate of drug-likeness (QED) is 0.401. The van der Waals surface area contributed by atoms with E-state index in [1.165, 1.54) is 0 Å². The number of carbonyl (C=O) groups excluding carboxylic acids is 1. The topological polar surface area (TPSA) is 137 Å². The van der Waals surface area contributed by atoms with Gasteiger partial charge in [0.15, 0.2) is 11.6 Å². The molecule has 6 N–H and O–H groups in total. The first kappa shape index (κ1) is 23.1. The van der Waals surface area contributed by atoms with Gasteiger partial charge in [0.25, 0.3) is 5.91 Å². The van der Waals surface area contributed by atoms with Gasteiger partial charge in [0, 0.05) is 18.3 Å². The molecule has 0 saturated heterocycles. The molecule has 0 aliphatic rings. The standard InChI is InChI=1S/C22H29FN8O/c1-12(2)5-19(14(4)24)29-22-18(23)7-17(20(25)32)21(30-22)28-15-6-16(10-26-9-15)31-11-13(3)8-27-31/h6-12,14,19H,5,24H2,1-4H3,(H2,25,32)(H2,28,29,30)/t14-,19+/m0/s1. The lowest BCUT2D eigenvalue weighted by Gasteiger charge is -2.25. The van der Waals surface area contributed by atoms with Crippen LogP contribution in [0.1, 0.15) is 43.1 Å². The molecule has 3 rings (SSSR count). The number of hydrogen-bond donors (Lipinski definition) is 4. The number of nitrogens with zero attached hydrogens (tertiary/aromatic N) is 4. The van der Waals surface area contributed by atoms with E-state index in [1.807, 2.05) is 20.0 Å². The molecule has 0 aliphatic carbocycles. The highest BCUT2D eigenvalue weighted by molar-refractivity contribution is 5.98. The normalized spacial score (nSPS) is 13.1. The van der Waals surface area contributed by atoms with Gasteiger partial charge in [0.1, 0.15) is 5.82 Å². The van der Waals surface area contributed by atoms with Crippen molar-refractivity contribution in [2.45, 2.75) is 46.2 Å². The number of nitrogens with two attached hydrogens (primary N) is 2. The minimum absolute atomic E-state index is 0.00716. The Morgan fingerprint density at radius 1 is 1.19 bits per heavy atom. The first-order valence-corrected chi connectivity index (χ1v) is 10.4. The van der Waals surface area contributed by atoms with Crippen molar-refractivity contribution in [2.24, 2.45) is 17.4 Å². The summed E-state index contributed by atoms with van der Waals surface area (Å²) in [6, 6.07) is 2.43. The van der Waals surface area contributed by atoms with Gasteiger partial charge < -0.3 is 22.1 Å². The Hall–Kier alpha value is -3.53. The number of aromatic nitrogens is 4. The Balaban J connectivity index is 1.95. The molecule has 3 heterocycles. The van der Waals surface area contributed by atoms with E-state index in [1.54, 1.807) is 29.3 Å². The zero-order chi connectivity index (χ0) is 23.4. The van der Waals surface area contributed by atoms with Crippen LogP contribution in [0.25, 0.3) is 5.69 Å². The summed E-state index contributed by atoms with van der Waals surface area (Å²) in [5.41, 5.74) is 13.7. The first-order valence-electron chi connectivity index (χ1n) is 10.4. The molecule has 2 atom stereocenters. The third-order valence-electron chi connectivity index (χ3n) is 4.89. The number of primary amides is 1. The average Bonchev–Trinajstić information content (AvgIpc) is 3.15. The number of halogens is 1. The van der Waals surface area contributed by atoms with Gasteiger partial charge in [-0.3, -0.25) is 9.78 Å². The predicted octanol–water partition coefficient (Wildman–Crippen LogP) is 3.13. The van der Waals surface area contributed by atoms with E-state index in [0.717, 1.165) is 18.1 Å². The number of nitrogens with one attached hydrogen (secondary N) is 2. The Labute approximate surface area is 186 Å². The van der Waals surface area contributed by atoms with Crippen molar-refractivity contribution in [3.63, 3.8) is 0 Å². The van der Waals surface area contributed by atoms with Crippen molar-refractivity contribution in [1.82, 2.24) is 19.7 Å². The average molecular weight is 441 g/mol. The molecule has 170 valence electrons. The molecule has 32 heavy (non-hydrogen) atoms. The zero-order valence-corrected chi connectivity index (χ0v) is 18.6. The number of anilines is 3. The van der Waals surface area contributed by atoms with E-state index in [2.05, 4.69) is 39.5 Å². The Morgan fingerprint density at radius 3 is 2.53 bits per heavy atom. The van der Waals surface area contributed by atoms with Crippen LogP contribution in [-0.2, 0) is 0 Å². The maximum absolute atomic E-state index is 14.8. The molecule has 0 aromatic carbocycles. The van der Waals surface area contributed by atoms with E-state index in [9.17, 15) is 9.18 Å². The van der Waals surface area contributed by atoms with Gasteiger partial charge in [0.2, 0.25) is 0 Å². The van der Waals surface area contributed by atoms with Crippen molar-refractivity contribution in [3.05, 3.63) is 53.9 Å². The van der Waals surface area contributed by atoms with Gasteiger partial charge in [-0.25, -0.2) is 14.1 Å². The Kier molecular flexibility index (Phi) is 7.04. The molecule has 9 nitrogen and oxygen atoms in total. The van der Waals surface area contributed by atoms with Crippen LogP contribution in [0.15, 0.2) is 36.9 Å². The summed E-state index contributed by atoms with van der Waals surface area (Å²) in [5.74, 6) is -1.03. The third kappa shape index (κ3) is 5.58. The fourth-order valence-corrected chi connectivity index (χ4v) is 3.27. The summed E-state index contributed by atoms with van der Waals surface area (Å²) in [7, 11) is 0. The van der Waals surface area contributed by atoms with Crippen LogP contribution >= 0.6 is 0 Å². The van der Waals surface area contributed by atoms with Crippen molar-refractivity contribution in [2.75, 3.05) is 10.6 Å². The highest BCUT2D eigenvalue weighted by atomic mass is 19.1. The van der Waals surface area contributed by atoms with Gasteiger partial charge in [-0.1, -0.05) is 13.8 Å². The second-order valence-electron chi connectivity index (χ2n) is 8.34. The van der Waals surface area contributed by atoms with Crippen molar-refractivity contribution < 1.29 is 9.18 Å². The number of amides is 1. The van der Waals surface area contributed by atoms with Gasteiger partial charge in [-0.05, 0) is 43.9 Å². The number of aryl methyl sites for hydroxylation is 1. The molecule has 0 radical (unpaired) electrons. The zero-order valence-electron chi connectivity index (χ0n) is 18.6. The molecular formula is C22H29FN8O. The predicted molar refractivity (Wildman–Crippen MR) is 123 cm³/mol. The third-order valence-corrected chi connectivity index (χ3v) is 4.89. The molecule has 1 amide bonds. The monoisotopic (exact) mass is 440 g/mol. The second kappa shape index (κ2) is 9.73. The summed E-state index contributed by atoms with van der Waals surface area (Å²) in [5, 5.41) is 10.4. The van der Waals surface area contributed by atoms with E-state index >= 15 is 0 Å². The summed E-state index contributed by atoms with van der Waals surface area (Å²) < 4.78 is 16.4. The van der Waals surface area contributed by atoms with Gasteiger partial charge >= 0.3 is 0 Å². The van der Waals surface area contributed by atoms with Crippen LogP contribution < -0.4 is 22.1 Å². The summed E-state index contributed by atoms with van der Waals surface area (Å²) in [6.45, 7) is 7.91. The Bertz CT molecular complexity index is 1100. The summed E-state index contributed by atoms with van der Waals surface area (Å²) >= 11 is 0. The van der Waals surface area contributed by atoms with Crippen LogP contribution in [-0.4, -0.2) is 37.7 Å². The SMILES string of the molecule is Cc1cnn(-c2cncc(Nc3nc(N[C@H](CC(C)C)[C@H](C)N)c(F)cc3C(N)=O)c2)c1. The van der Waals surface area contributed by atoms with Crippen molar-refractivity contribution >= 4 is 23.2 Å². The fourth-order valence-electron chi connectivity index (χ4n) is 3.27. The Morgan fingerprint density at radius 2 is 1.94 bits per heavy atom. The first-order chi connectivity index (χ1) is 15.1. The molecule has 10 heteroatoms. The number of rotatable bonds is 9. The summed E-state index contributed by atoms with van der Waals surface area (Å²) in [4.78, 5) is 20.5. The molecule has 0 saturated carbocycles. The van der Waals surface area contributed by atoms with Gasteiger partial charge in [-0.2, -0.15) is 5.10 Å². The van der Waals surface area contributed by atoms with E-state index < -0.39 is 11.7 Å². The van der Waals surface area contributed by atoms with Crippen LogP contribution in [0.5, 0.6) is 0 Å².